The van der Waals surface area contributed by atoms with Gasteiger partial charge in [-0.05, 0) is 29.8 Å². The van der Waals surface area contributed by atoms with E-state index in [1.54, 1.807) is 11.3 Å². The first-order chi connectivity index (χ1) is 5.70. The highest BCUT2D eigenvalue weighted by Crippen LogP contribution is 2.36. The quantitative estimate of drug-likeness (QED) is 0.748. The van der Waals surface area contributed by atoms with Crippen molar-refractivity contribution in [3.8, 4) is 5.75 Å². The largest absolute Gasteiger partial charge is 0.506 e. The lowest BCUT2D eigenvalue weighted by Gasteiger charge is -2.02. The molecule has 1 nitrogen and oxygen atoms in total. The van der Waals surface area contributed by atoms with Crippen molar-refractivity contribution in [2.24, 2.45) is 0 Å². The molecule has 0 unspecified atom stereocenters. The standard InChI is InChI=1S/C9H7BrOS/c1-5-7(10)4-6-2-3-12-9(6)8(5)11/h2-4,11H,1H3. The highest BCUT2D eigenvalue weighted by Gasteiger charge is 2.07. The van der Waals surface area contributed by atoms with E-state index in [9.17, 15) is 5.11 Å². The van der Waals surface area contributed by atoms with Crippen LogP contribution in [0.2, 0.25) is 0 Å². The van der Waals surface area contributed by atoms with E-state index < -0.39 is 0 Å². The average molecular weight is 243 g/mol. The normalized spacial score (nSPS) is 10.8. The predicted octanol–water partition coefficient (Wildman–Crippen LogP) is 3.68. The van der Waals surface area contributed by atoms with E-state index in [1.807, 2.05) is 24.4 Å². The van der Waals surface area contributed by atoms with Crippen LogP contribution in [0, 0.1) is 6.92 Å². The first-order valence-corrected chi connectivity index (χ1v) is 5.22. The molecule has 0 amide bonds. The summed E-state index contributed by atoms with van der Waals surface area (Å²) in [5.41, 5.74) is 0.907. The number of rotatable bonds is 0. The lowest BCUT2D eigenvalue weighted by Crippen LogP contribution is -1.76. The van der Waals surface area contributed by atoms with Crippen molar-refractivity contribution in [3.63, 3.8) is 0 Å². The van der Waals surface area contributed by atoms with Gasteiger partial charge in [0.25, 0.3) is 0 Å². The smallest absolute Gasteiger partial charge is 0.137 e. The second-order valence-electron chi connectivity index (χ2n) is 2.67. The minimum atomic E-state index is 0.398. The number of aromatic hydroxyl groups is 1. The maximum absolute atomic E-state index is 9.71. The van der Waals surface area contributed by atoms with Gasteiger partial charge in [0, 0.05) is 10.0 Å². The third kappa shape index (κ3) is 1.04. The van der Waals surface area contributed by atoms with Crippen molar-refractivity contribution in [1.29, 1.82) is 0 Å². The van der Waals surface area contributed by atoms with Crippen LogP contribution in [0.25, 0.3) is 10.1 Å². The predicted molar refractivity (Wildman–Crippen MR) is 55.9 cm³/mol. The van der Waals surface area contributed by atoms with Crippen LogP contribution < -0.4 is 0 Å². The van der Waals surface area contributed by atoms with Crippen molar-refractivity contribution in [2.75, 3.05) is 0 Å². The van der Waals surface area contributed by atoms with Crippen LogP contribution in [0.15, 0.2) is 22.0 Å². The van der Waals surface area contributed by atoms with Gasteiger partial charge in [-0.1, -0.05) is 15.9 Å². The Hall–Kier alpha value is -0.540. The number of hydrogen-bond acceptors (Lipinski definition) is 2. The van der Waals surface area contributed by atoms with Crippen LogP contribution in [-0.4, -0.2) is 5.11 Å². The Morgan fingerprint density at radius 3 is 3.00 bits per heavy atom. The monoisotopic (exact) mass is 242 g/mol. The molecule has 0 spiro atoms. The summed E-state index contributed by atoms with van der Waals surface area (Å²) in [6.07, 6.45) is 0. The molecule has 2 aromatic rings. The van der Waals surface area contributed by atoms with Crippen LogP contribution in [0.4, 0.5) is 0 Å². The zero-order chi connectivity index (χ0) is 8.72. The number of phenols is 1. The lowest BCUT2D eigenvalue weighted by atomic mass is 10.2. The van der Waals surface area contributed by atoms with Gasteiger partial charge in [0.05, 0.1) is 4.70 Å². The second kappa shape index (κ2) is 2.75. The maximum Gasteiger partial charge on any atom is 0.137 e. The molecule has 0 aliphatic heterocycles. The molecule has 0 fully saturated rings. The number of benzene rings is 1. The molecule has 1 N–H and O–H groups in total. The van der Waals surface area contributed by atoms with E-state index in [2.05, 4.69) is 15.9 Å². The summed E-state index contributed by atoms with van der Waals surface area (Å²) >= 11 is 4.96. The van der Waals surface area contributed by atoms with Crippen molar-refractivity contribution >= 4 is 37.4 Å². The van der Waals surface area contributed by atoms with Crippen molar-refractivity contribution < 1.29 is 5.11 Å². The van der Waals surface area contributed by atoms with Crippen molar-refractivity contribution in [3.05, 3.63) is 27.5 Å². The van der Waals surface area contributed by atoms with Crippen LogP contribution in [0.5, 0.6) is 5.75 Å². The summed E-state index contributed by atoms with van der Waals surface area (Å²) in [5, 5.41) is 12.8. The number of hydrogen-bond donors (Lipinski definition) is 1. The van der Waals surface area contributed by atoms with Crippen LogP contribution in [0.1, 0.15) is 5.56 Å². The molecule has 0 atom stereocenters. The average Bonchev–Trinajstić information content (AvgIpc) is 2.48. The van der Waals surface area contributed by atoms with E-state index in [0.29, 0.717) is 5.75 Å². The summed E-state index contributed by atoms with van der Waals surface area (Å²) in [7, 11) is 0. The fraction of sp³-hybridized carbons (Fsp3) is 0.111. The van der Waals surface area contributed by atoms with Gasteiger partial charge in [-0.15, -0.1) is 11.3 Å². The number of fused-ring (bicyclic) bond motifs is 1. The molecular formula is C9H7BrOS. The molecule has 62 valence electrons. The Morgan fingerprint density at radius 2 is 2.25 bits per heavy atom. The molecular weight excluding hydrogens is 236 g/mol. The molecule has 12 heavy (non-hydrogen) atoms. The highest BCUT2D eigenvalue weighted by atomic mass is 79.9. The van der Waals surface area contributed by atoms with Gasteiger partial charge in [-0.2, -0.15) is 0 Å². The van der Waals surface area contributed by atoms with Gasteiger partial charge < -0.3 is 5.11 Å². The summed E-state index contributed by atoms with van der Waals surface area (Å²) in [6.45, 7) is 1.90. The Morgan fingerprint density at radius 1 is 1.50 bits per heavy atom. The lowest BCUT2D eigenvalue weighted by molar-refractivity contribution is 0.478. The van der Waals surface area contributed by atoms with Crippen LogP contribution in [0.3, 0.4) is 0 Å². The van der Waals surface area contributed by atoms with Gasteiger partial charge in [-0.3, -0.25) is 0 Å². The Labute approximate surface area is 82.8 Å². The van der Waals surface area contributed by atoms with Crippen LogP contribution >= 0.6 is 27.3 Å². The van der Waals surface area contributed by atoms with Gasteiger partial charge in [0.2, 0.25) is 0 Å². The van der Waals surface area contributed by atoms with E-state index in [-0.39, 0.29) is 0 Å². The number of phenolic OH excluding ortho intramolecular Hbond substituents is 1. The molecule has 1 heterocycles. The minimum Gasteiger partial charge on any atom is -0.506 e. The first kappa shape index (κ1) is 8.08. The maximum atomic E-state index is 9.71. The van der Waals surface area contributed by atoms with E-state index in [1.165, 1.54) is 0 Å². The van der Waals surface area contributed by atoms with Gasteiger partial charge in [0.1, 0.15) is 5.75 Å². The molecule has 0 bridgehead atoms. The molecule has 0 saturated carbocycles. The first-order valence-electron chi connectivity index (χ1n) is 3.55. The molecule has 0 aliphatic carbocycles. The Kier molecular flexibility index (Phi) is 1.85. The third-order valence-corrected chi connectivity index (χ3v) is 3.67. The molecule has 0 saturated heterocycles. The van der Waals surface area contributed by atoms with Gasteiger partial charge >= 0.3 is 0 Å². The SMILES string of the molecule is Cc1c(Br)cc2ccsc2c1O. The van der Waals surface area contributed by atoms with E-state index in [4.69, 9.17) is 0 Å². The zero-order valence-corrected chi connectivity index (χ0v) is 8.87. The Bertz CT molecular complexity index is 433. The topological polar surface area (TPSA) is 20.2 Å². The number of halogens is 1. The number of thiophene rings is 1. The molecule has 0 aliphatic rings. The molecule has 3 heteroatoms. The molecule has 1 aromatic carbocycles. The summed E-state index contributed by atoms with van der Waals surface area (Å²) < 4.78 is 1.93. The second-order valence-corrected chi connectivity index (χ2v) is 4.44. The summed E-state index contributed by atoms with van der Waals surface area (Å²) in [4.78, 5) is 0. The van der Waals surface area contributed by atoms with Gasteiger partial charge in [-0.25, -0.2) is 0 Å². The fourth-order valence-corrected chi connectivity index (χ4v) is 2.47. The minimum absolute atomic E-state index is 0.398. The van der Waals surface area contributed by atoms with Crippen molar-refractivity contribution in [1.82, 2.24) is 0 Å². The third-order valence-electron chi connectivity index (χ3n) is 1.91. The summed E-state index contributed by atoms with van der Waals surface area (Å²) in [5.74, 6) is 0.398. The van der Waals surface area contributed by atoms with Gasteiger partial charge in [0.15, 0.2) is 0 Å². The Balaban J connectivity index is 2.94. The molecule has 1 aromatic heterocycles. The van der Waals surface area contributed by atoms with E-state index >= 15 is 0 Å². The van der Waals surface area contributed by atoms with E-state index in [0.717, 1.165) is 20.1 Å². The van der Waals surface area contributed by atoms with Crippen molar-refractivity contribution in [2.45, 2.75) is 6.92 Å². The fourth-order valence-electron chi connectivity index (χ4n) is 1.15. The summed E-state index contributed by atoms with van der Waals surface area (Å²) in [6, 6.07) is 4.03. The van der Waals surface area contributed by atoms with Crippen LogP contribution in [-0.2, 0) is 0 Å². The molecule has 0 radical (unpaired) electrons. The highest BCUT2D eigenvalue weighted by molar-refractivity contribution is 9.10. The molecule has 2 rings (SSSR count). The zero-order valence-electron chi connectivity index (χ0n) is 6.47.